The molecular weight excluding hydrogens is 685 g/mol. The Kier molecular flexibility index (Phi) is 8.32. The zero-order valence-electron chi connectivity index (χ0n) is 33.1. The highest BCUT2D eigenvalue weighted by atomic mass is 14.5. The topological polar surface area (TPSA) is 0 Å². The van der Waals surface area contributed by atoms with Crippen molar-refractivity contribution in [1.29, 1.82) is 0 Å². The fourth-order valence-electron chi connectivity index (χ4n) is 11.7. The van der Waals surface area contributed by atoms with Crippen molar-refractivity contribution >= 4 is 16.7 Å². The van der Waals surface area contributed by atoms with Crippen LogP contribution in [0.3, 0.4) is 0 Å². The molecule has 0 bridgehead atoms. The number of rotatable bonds is 5. The lowest BCUT2D eigenvalue weighted by Gasteiger charge is -2.38. The van der Waals surface area contributed by atoms with E-state index in [-0.39, 0.29) is 5.41 Å². The van der Waals surface area contributed by atoms with Crippen LogP contribution in [0.1, 0.15) is 44.2 Å². The molecule has 0 saturated carbocycles. The van der Waals surface area contributed by atoms with E-state index in [2.05, 4.69) is 202 Å². The minimum atomic E-state index is 0.110. The Balaban J connectivity index is 0.930. The van der Waals surface area contributed by atoms with Crippen LogP contribution in [0.15, 0.2) is 222 Å². The highest BCUT2D eigenvalue weighted by Gasteiger charge is 2.45. The van der Waals surface area contributed by atoms with Crippen LogP contribution in [-0.4, -0.2) is 0 Å². The third kappa shape index (κ3) is 5.63. The monoisotopic (exact) mass is 734 g/mol. The second-order valence-electron chi connectivity index (χ2n) is 17.8. The Hall–Kier alpha value is -5.72. The zero-order chi connectivity index (χ0) is 38.1. The highest BCUT2D eigenvalue weighted by Crippen LogP contribution is 2.55. The van der Waals surface area contributed by atoms with Gasteiger partial charge < -0.3 is 0 Å². The van der Waals surface area contributed by atoms with Crippen LogP contribution in [-0.2, 0) is 5.41 Å². The third-order valence-electron chi connectivity index (χ3n) is 14.6. The average molecular weight is 735 g/mol. The molecule has 0 aromatic heterocycles. The SMILES string of the molecule is CC1(C)c2ccccc2C2=CC=C(C3=c4ccccc4=C(C4=CC=C(C=CC5=CC=C(C6=CC=CC7C=CC=CC67)C6C=CC=CC56)CC4)C4C=CC=CC34)CC21. The van der Waals surface area contributed by atoms with Crippen LogP contribution in [0.4, 0.5) is 0 Å². The first kappa shape index (κ1) is 34.5. The molecule has 9 aliphatic rings. The quantitative estimate of drug-likeness (QED) is 0.287. The van der Waals surface area contributed by atoms with Crippen molar-refractivity contribution in [3.63, 3.8) is 0 Å². The first-order valence-corrected chi connectivity index (χ1v) is 21.3. The molecule has 278 valence electrons. The zero-order valence-corrected chi connectivity index (χ0v) is 33.1. The first-order valence-electron chi connectivity index (χ1n) is 21.3. The second kappa shape index (κ2) is 13.7. The van der Waals surface area contributed by atoms with E-state index in [1.54, 1.807) is 0 Å². The maximum absolute atomic E-state index is 2.49. The molecule has 0 radical (unpaired) electrons. The molecule has 7 unspecified atom stereocenters. The maximum Gasteiger partial charge on any atom is 0.0134 e. The Morgan fingerprint density at radius 1 is 0.491 bits per heavy atom. The smallest absolute Gasteiger partial charge is 0.0134 e. The van der Waals surface area contributed by atoms with Crippen molar-refractivity contribution in [2.45, 2.75) is 38.5 Å². The van der Waals surface area contributed by atoms with Crippen LogP contribution < -0.4 is 10.4 Å². The van der Waals surface area contributed by atoms with Crippen molar-refractivity contribution in [2.24, 2.45) is 41.4 Å². The molecule has 57 heavy (non-hydrogen) atoms. The fourth-order valence-corrected chi connectivity index (χ4v) is 11.7. The van der Waals surface area contributed by atoms with Gasteiger partial charge in [0.1, 0.15) is 0 Å². The lowest BCUT2D eigenvalue weighted by atomic mass is 9.65. The van der Waals surface area contributed by atoms with Gasteiger partial charge in [0.15, 0.2) is 0 Å². The summed E-state index contributed by atoms with van der Waals surface area (Å²) in [5, 5.41) is 2.85. The van der Waals surface area contributed by atoms with Gasteiger partial charge in [-0.05, 0) is 102 Å². The number of allylic oxidation sites excluding steroid dienone is 30. The van der Waals surface area contributed by atoms with E-state index in [9.17, 15) is 0 Å². The van der Waals surface area contributed by atoms with Gasteiger partial charge in [0.2, 0.25) is 0 Å². The summed E-state index contributed by atoms with van der Waals surface area (Å²) in [5.74, 6) is 2.75. The standard InChI is InChI=1S/C57H50/c1-57(2)53-25-12-11-19-47(53)48-35-33-41(36-54(48)57)56-51-22-9-7-20-49(51)55(50-21-8-10-23-52(50)56)40-30-27-37(28-31-40)26-29-39-32-34-46(44-18-6-5-17-43(39)44)45-24-13-15-38-14-3-4-16-42(38)45/h3-27,29-30,32-35,38,42-44,49,51,54H,28,31,36H2,1-2H3. The van der Waals surface area contributed by atoms with E-state index in [1.807, 2.05) is 0 Å². The van der Waals surface area contributed by atoms with Crippen molar-refractivity contribution in [3.05, 3.63) is 243 Å². The van der Waals surface area contributed by atoms with Crippen LogP contribution in [0.5, 0.6) is 0 Å². The van der Waals surface area contributed by atoms with E-state index < -0.39 is 0 Å². The van der Waals surface area contributed by atoms with Crippen molar-refractivity contribution in [2.75, 3.05) is 0 Å². The second-order valence-corrected chi connectivity index (χ2v) is 17.8. The molecule has 0 heteroatoms. The summed E-state index contributed by atoms with van der Waals surface area (Å²) in [6.07, 6.45) is 57.5. The van der Waals surface area contributed by atoms with Gasteiger partial charge in [0.25, 0.3) is 0 Å². The molecule has 7 atom stereocenters. The average Bonchev–Trinajstić information content (AvgIpc) is 3.50. The van der Waals surface area contributed by atoms with E-state index in [1.165, 1.54) is 71.7 Å². The number of hydrogen-bond acceptors (Lipinski definition) is 0. The minimum absolute atomic E-state index is 0.110. The summed E-state index contributed by atoms with van der Waals surface area (Å²) in [4.78, 5) is 0. The summed E-state index contributed by atoms with van der Waals surface area (Å²) in [6.45, 7) is 4.91. The number of benzene rings is 2. The molecule has 0 aliphatic heterocycles. The van der Waals surface area contributed by atoms with Gasteiger partial charge in [0.05, 0.1) is 0 Å². The first-order chi connectivity index (χ1) is 28.0. The molecule has 0 heterocycles. The molecule has 2 aromatic rings. The van der Waals surface area contributed by atoms with Crippen LogP contribution in [0, 0.1) is 41.4 Å². The molecule has 0 fully saturated rings. The van der Waals surface area contributed by atoms with Crippen molar-refractivity contribution in [3.8, 4) is 0 Å². The minimum Gasteiger partial charge on any atom is -0.0767 e. The Morgan fingerprint density at radius 3 is 1.88 bits per heavy atom. The Labute approximate surface area is 338 Å². The lowest BCUT2D eigenvalue weighted by Crippen LogP contribution is -2.41. The predicted molar refractivity (Wildman–Crippen MR) is 240 cm³/mol. The molecule has 0 saturated heterocycles. The summed E-state index contributed by atoms with van der Waals surface area (Å²) < 4.78 is 0. The van der Waals surface area contributed by atoms with Crippen molar-refractivity contribution in [1.82, 2.24) is 0 Å². The van der Waals surface area contributed by atoms with E-state index in [0.29, 0.717) is 41.4 Å². The van der Waals surface area contributed by atoms with Crippen molar-refractivity contribution < 1.29 is 0 Å². The summed E-state index contributed by atoms with van der Waals surface area (Å²) in [6, 6.07) is 18.4. The van der Waals surface area contributed by atoms with Crippen LogP contribution in [0.25, 0.3) is 16.7 Å². The normalized spacial score (nSPS) is 30.8. The summed E-state index contributed by atoms with van der Waals surface area (Å²) in [7, 11) is 0. The van der Waals surface area contributed by atoms with Gasteiger partial charge >= 0.3 is 0 Å². The highest BCUT2D eigenvalue weighted by molar-refractivity contribution is 5.85. The molecule has 0 nitrogen and oxygen atoms in total. The third-order valence-corrected chi connectivity index (χ3v) is 14.6. The number of hydrogen-bond donors (Lipinski definition) is 0. The molecule has 0 N–H and O–H groups in total. The van der Waals surface area contributed by atoms with Gasteiger partial charge in [-0.3, -0.25) is 0 Å². The molecule has 11 rings (SSSR count). The molecule has 0 spiro atoms. The summed E-state index contributed by atoms with van der Waals surface area (Å²) in [5.41, 5.74) is 16.4. The lowest BCUT2D eigenvalue weighted by molar-refractivity contribution is 0.409. The molecular formula is C57H50. The predicted octanol–water partition coefficient (Wildman–Crippen LogP) is 12.0. The fraction of sp³-hybridized carbons (Fsp3) is 0.228. The Bertz CT molecular complexity index is 2700. The maximum atomic E-state index is 2.49. The molecule has 0 amide bonds. The summed E-state index contributed by atoms with van der Waals surface area (Å²) >= 11 is 0. The van der Waals surface area contributed by atoms with E-state index in [4.69, 9.17) is 0 Å². The van der Waals surface area contributed by atoms with E-state index >= 15 is 0 Å². The van der Waals surface area contributed by atoms with Gasteiger partial charge in [-0.1, -0.05) is 202 Å². The van der Waals surface area contributed by atoms with Crippen LogP contribution in [0.2, 0.25) is 0 Å². The van der Waals surface area contributed by atoms with Gasteiger partial charge in [0, 0.05) is 35.5 Å². The molecule has 2 aromatic carbocycles. The van der Waals surface area contributed by atoms with Crippen LogP contribution >= 0.6 is 0 Å². The Morgan fingerprint density at radius 2 is 1.11 bits per heavy atom. The van der Waals surface area contributed by atoms with Gasteiger partial charge in [-0.2, -0.15) is 0 Å². The van der Waals surface area contributed by atoms with Gasteiger partial charge in [-0.15, -0.1) is 0 Å². The number of fused-ring (bicyclic) bond motifs is 7. The largest absolute Gasteiger partial charge is 0.0767 e. The van der Waals surface area contributed by atoms with E-state index in [0.717, 1.165) is 19.3 Å². The van der Waals surface area contributed by atoms with Gasteiger partial charge in [-0.25, -0.2) is 0 Å². The molecule has 9 aliphatic carbocycles.